The predicted octanol–water partition coefficient (Wildman–Crippen LogP) is 2.32. The highest BCUT2D eigenvalue weighted by Gasteiger charge is 2.23. The molecule has 1 aromatic rings. The minimum Gasteiger partial charge on any atom is -0.312 e. The molecule has 2 rings (SSSR count). The second kappa shape index (κ2) is 3.79. The lowest BCUT2D eigenvalue weighted by molar-refractivity contribution is 0.0930. The molecule has 0 radical (unpaired) electrons. The highest BCUT2D eigenvalue weighted by Crippen LogP contribution is 2.34. The van der Waals surface area contributed by atoms with Gasteiger partial charge in [0.25, 0.3) is 0 Å². The van der Waals surface area contributed by atoms with Crippen LogP contribution in [-0.2, 0) is 13.0 Å². The topological polar surface area (TPSA) is 34.0 Å². The van der Waals surface area contributed by atoms with Gasteiger partial charge in [0.05, 0.1) is 4.47 Å². The predicted molar refractivity (Wildman–Crippen MR) is 61.5 cm³/mol. The average Bonchev–Trinajstić information content (AvgIpc) is 2.41. The van der Waals surface area contributed by atoms with Crippen molar-refractivity contribution in [1.29, 1.82) is 0 Å². The molecule has 0 bridgehead atoms. The van der Waals surface area contributed by atoms with Gasteiger partial charge < -0.3 is 5.32 Å². The second-order valence-electron chi connectivity index (χ2n) is 3.31. The van der Waals surface area contributed by atoms with Crippen molar-refractivity contribution in [2.45, 2.75) is 19.9 Å². The lowest BCUT2D eigenvalue weighted by Crippen LogP contribution is -2.25. The molecule has 0 saturated carbocycles. The zero-order chi connectivity index (χ0) is 10.3. The van der Waals surface area contributed by atoms with Crippen LogP contribution in [0, 0.1) is 0 Å². The van der Waals surface area contributed by atoms with Gasteiger partial charge in [0.15, 0.2) is 0 Å². The summed E-state index contributed by atoms with van der Waals surface area (Å²) in [6.45, 7) is 3.34. The number of carbonyl (C=O) groups is 1. The number of nitrogens with zero attached hydrogens (tertiary/aromatic N) is 1. The standard InChI is InChI=1S/C9H10Br2N2O/c1-5(14)13-7-2-3-12-4-6(7)8(10)9(13)11/h12H,2-4H2,1H3. The van der Waals surface area contributed by atoms with Gasteiger partial charge in [-0.05, 0) is 31.9 Å². The van der Waals surface area contributed by atoms with Crippen LogP contribution in [0.2, 0.25) is 0 Å². The summed E-state index contributed by atoms with van der Waals surface area (Å²) in [5, 5.41) is 3.29. The molecule has 0 amide bonds. The summed E-state index contributed by atoms with van der Waals surface area (Å²) < 4.78 is 3.56. The molecule has 1 N–H and O–H groups in total. The van der Waals surface area contributed by atoms with Gasteiger partial charge in [-0.3, -0.25) is 9.36 Å². The van der Waals surface area contributed by atoms with Gasteiger partial charge in [-0.15, -0.1) is 0 Å². The number of rotatable bonds is 0. The minimum atomic E-state index is 0.0562. The van der Waals surface area contributed by atoms with E-state index in [1.807, 2.05) is 0 Å². The molecule has 1 aliphatic rings. The molecule has 0 unspecified atom stereocenters. The van der Waals surface area contributed by atoms with Crippen LogP contribution in [0.3, 0.4) is 0 Å². The Balaban J connectivity index is 2.65. The first kappa shape index (κ1) is 10.4. The van der Waals surface area contributed by atoms with Gasteiger partial charge in [-0.25, -0.2) is 0 Å². The number of aromatic nitrogens is 1. The van der Waals surface area contributed by atoms with Crippen molar-refractivity contribution in [3.05, 3.63) is 20.3 Å². The van der Waals surface area contributed by atoms with E-state index in [0.717, 1.165) is 34.3 Å². The Hall–Kier alpha value is -0.130. The van der Waals surface area contributed by atoms with Crippen molar-refractivity contribution in [3.8, 4) is 0 Å². The molecule has 0 saturated heterocycles. The molecule has 0 aliphatic carbocycles. The molecular formula is C9H10Br2N2O. The van der Waals surface area contributed by atoms with Crippen molar-refractivity contribution in [2.24, 2.45) is 0 Å². The third kappa shape index (κ3) is 1.47. The fourth-order valence-electron chi connectivity index (χ4n) is 1.79. The van der Waals surface area contributed by atoms with Gasteiger partial charge >= 0.3 is 0 Å². The normalized spacial score (nSPS) is 15.4. The van der Waals surface area contributed by atoms with E-state index >= 15 is 0 Å². The Bertz CT molecular complexity index is 398. The summed E-state index contributed by atoms with van der Waals surface area (Å²) in [5.41, 5.74) is 2.31. The van der Waals surface area contributed by atoms with Crippen LogP contribution < -0.4 is 5.32 Å². The van der Waals surface area contributed by atoms with Crippen LogP contribution in [0.5, 0.6) is 0 Å². The van der Waals surface area contributed by atoms with E-state index in [1.54, 1.807) is 11.5 Å². The van der Waals surface area contributed by atoms with Gasteiger partial charge in [0.1, 0.15) is 4.60 Å². The molecule has 0 spiro atoms. The minimum absolute atomic E-state index is 0.0562. The van der Waals surface area contributed by atoms with E-state index in [9.17, 15) is 4.79 Å². The summed E-state index contributed by atoms with van der Waals surface area (Å²) in [6, 6.07) is 0. The van der Waals surface area contributed by atoms with E-state index < -0.39 is 0 Å². The van der Waals surface area contributed by atoms with Crippen molar-refractivity contribution < 1.29 is 4.79 Å². The Morgan fingerprint density at radius 1 is 1.50 bits per heavy atom. The zero-order valence-corrected chi connectivity index (χ0v) is 10.9. The van der Waals surface area contributed by atoms with Crippen molar-refractivity contribution >= 4 is 37.8 Å². The maximum atomic E-state index is 11.4. The summed E-state index contributed by atoms with van der Waals surface area (Å²) in [4.78, 5) is 11.4. The summed E-state index contributed by atoms with van der Waals surface area (Å²) in [6.07, 6.45) is 0.902. The maximum absolute atomic E-state index is 11.4. The number of hydrogen-bond acceptors (Lipinski definition) is 2. The fourth-order valence-corrected chi connectivity index (χ4v) is 3.04. The van der Waals surface area contributed by atoms with Crippen LogP contribution in [0.1, 0.15) is 23.0 Å². The van der Waals surface area contributed by atoms with E-state index in [1.165, 1.54) is 5.56 Å². The third-order valence-corrected chi connectivity index (χ3v) is 4.55. The lowest BCUT2D eigenvalue weighted by atomic mass is 10.1. The zero-order valence-electron chi connectivity index (χ0n) is 7.73. The molecule has 1 aliphatic heterocycles. The van der Waals surface area contributed by atoms with Crippen molar-refractivity contribution in [2.75, 3.05) is 6.54 Å². The number of nitrogens with one attached hydrogen (secondary N) is 1. The number of fused-ring (bicyclic) bond motifs is 1. The van der Waals surface area contributed by atoms with Crippen LogP contribution >= 0.6 is 31.9 Å². The monoisotopic (exact) mass is 320 g/mol. The van der Waals surface area contributed by atoms with Crippen LogP contribution in [0.25, 0.3) is 0 Å². The van der Waals surface area contributed by atoms with Crippen molar-refractivity contribution in [1.82, 2.24) is 9.88 Å². The van der Waals surface area contributed by atoms with Crippen LogP contribution in [0.4, 0.5) is 0 Å². The van der Waals surface area contributed by atoms with E-state index in [2.05, 4.69) is 37.2 Å². The fraction of sp³-hybridized carbons (Fsp3) is 0.444. The molecule has 3 nitrogen and oxygen atoms in total. The SMILES string of the molecule is CC(=O)n1c(Br)c(Br)c2c1CCNC2. The first-order valence-electron chi connectivity index (χ1n) is 4.42. The molecule has 0 fully saturated rings. The molecule has 76 valence electrons. The first-order valence-corrected chi connectivity index (χ1v) is 6.00. The Morgan fingerprint density at radius 3 is 2.86 bits per heavy atom. The number of carbonyl (C=O) groups excluding carboxylic acids is 1. The Labute approximate surface area is 99.1 Å². The number of halogens is 2. The Morgan fingerprint density at radius 2 is 2.21 bits per heavy atom. The molecule has 2 heterocycles. The summed E-state index contributed by atoms with van der Waals surface area (Å²) in [5.74, 6) is 0.0562. The van der Waals surface area contributed by atoms with Gasteiger partial charge in [-0.2, -0.15) is 0 Å². The first-order chi connectivity index (χ1) is 6.63. The molecule has 5 heteroatoms. The average molecular weight is 322 g/mol. The van der Waals surface area contributed by atoms with Gasteiger partial charge in [0, 0.05) is 37.7 Å². The molecule has 0 aromatic carbocycles. The Kier molecular flexibility index (Phi) is 2.81. The van der Waals surface area contributed by atoms with Crippen LogP contribution in [0.15, 0.2) is 9.08 Å². The number of hydrogen-bond donors (Lipinski definition) is 1. The lowest BCUT2D eigenvalue weighted by Gasteiger charge is -2.15. The summed E-state index contributed by atoms with van der Waals surface area (Å²) >= 11 is 6.92. The van der Waals surface area contributed by atoms with Gasteiger partial charge in [0.2, 0.25) is 5.91 Å². The van der Waals surface area contributed by atoms with E-state index in [0.29, 0.717) is 0 Å². The van der Waals surface area contributed by atoms with Crippen molar-refractivity contribution in [3.63, 3.8) is 0 Å². The highest BCUT2D eigenvalue weighted by molar-refractivity contribution is 9.13. The van der Waals surface area contributed by atoms with E-state index in [-0.39, 0.29) is 5.91 Å². The quantitative estimate of drug-likeness (QED) is 0.795. The maximum Gasteiger partial charge on any atom is 0.228 e. The van der Waals surface area contributed by atoms with Crippen LogP contribution in [-0.4, -0.2) is 17.0 Å². The summed E-state index contributed by atoms with van der Waals surface area (Å²) in [7, 11) is 0. The van der Waals surface area contributed by atoms with Gasteiger partial charge in [-0.1, -0.05) is 0 Å². The molecule has 0 atom stereocenters. The second-order valence-corrected chi connectivity index (χ2v) is 4.86. The largest absolute Gasteiger partial charge is 0.312 e. The smallest absolute Gasteiger partial charge is 0.228 e. The molecule has 1 aromatic heterocycles. The molecular weight excluding hydrogens is 312 g/mol. The third-order valence-electron chi connectivity index (χ3n) is 2.42. The molecule has 14 heavy (non-hydrogen) atoms. The van der Waals surface area contributed by atoms with E-state index in [4.69, 9.17) is 0 Å². The highest BCUT2D eigenvalue weighted by atomic mass is 79.9.